The number of halogens is 1. The number of nitrogens with zero attached hydrogens (tertiary/aromatic N) is 2. The Balaban J connectivity index is 2.05. The molecule has 5 heteroatoms. The molecule has 2 rings (SSSR count). The molecule has 1 saturated heterocycles. The fourth-order valence-electron chi connectivity index (χ4n) is 2.21. The molecule has 2 heterocycles. The molecule has 1 aromatic heterocycles. The van der Waals surface area contributed by atoms with Crippen LogP contribution in [0.2, 0.25) is 0 Å². The second kappa shape index (κ2) is 5.60. The van der Waals surface area contributed by atoms with Gasteiger partial charge in [0.15, 0.2) is 0 Å². The smallest absolute Gasteiger partial charge is 0.234 e. The quantitative estimate of drug-likeness (QED) is 0.923. The summed E-state index contributed by atoms with van der Waals surface area (Å²) in [7, 11) is 0. The molecule has 4 nitrogen and oxygen atoms in total. The van der Waals surface area contributed by atoms with Crippen molar-refractivity contribution in [3.8, 4) is 0 Å². The highest BCUT2D eigenvalue weighted by Gasteiger charge is 2.26. The Morgan fingerprint density at radius 1 is 1.53 bits per heavy atom. The summed E-state index contributed by atoms with van der Waals surface area (Å²) in [6.07, 6.45) is 4.85. The van der Waals surface area contributed by atoms with Gasteiger partial charge in [-0.25, -0.2) is 0 Å². The van der Waals surface area contributed by atoms with Crippen molar-refractivity contribution in [2.75, 3.05) is 6.54 Å². The van der Waals surface area contributed by atoms with Crippen molar-refractivity contribution >= 4 is 21.8 Å². The van der Waals surface area contributed by atoms with Crippen LogP contribution in [0.5, 0.6) is 0 Å². The Labute approximate surface area is 109 Å². The molecular weight excluding hydrogens is 282 g/mol. The minimum Gasteiger partial charge on any atom is -0.368 e. The molecule has 1 amide bonds. The van der Waals surface area contributed by atoms with Crippen LogP contribution in [0, 0.1) is 0 Å². The summed E-state index contributed by atoms with van der Waals surface area (Å²) >= 11 is 3.36. The number of aromatic nitrogens is 1. The van der Waals surface area contributed by atoms with Gasteiger partial charge in [0.1, 0.15) is 0 Å². The van der Waals surface area contributed by atoms with Crippen molar-refractivity contribution in [3.05, 3.63) is 28.5 Å². The number of hydrogen-bond acceptors (Lipinski definition) is 3. The van der Waals surface area contributed by atoms with E-state index in [0.29, 0.717) is 6.54 Å². The van der Waals surface area contributed by atoms with Gasteiger partial charge < -0.3 is 5.73 Å². The second-order valence-electron chi connectivity index (χ2n) is 4.35. The number of amides is 1. The fourth-order valence-corrected chi connectivity index (χ4v) is 2.45. The van der Waals surface area contributed by atoms with Crippen LogP contribution in [-0.4, -0.2) is 28.4 Å². The van der Waals surface area contributed by atoms with Gasteiger partial charge >= 0.3 is 0 Å². The van der Waals surface area contributed by atoms with Gasteiger partial charge in [-0.2, -0.15) is 0 Å². The number of hydrogen-bond donors (Lipinski definition) is 1. The highest BCUT2D eigenvalue weighted by Crippen LogP contribution is 2.19. The van der Waals surface area contributed by atoms with E-state index in [0.717, 1.165) is 36.0 Å². The Kier molecular flexibility index (Phi) is 4.12. The topological polar surface area (TPSA) is 59.2 Å². The van der Waals surface area contributed by atoms with E-state index >= 15 is 0 Å². The van der Waals surface area contributed by atoms with Gasteiger partial charge in [0.25, 0.3) is 0 Å². The SMILES string of the molecule is NC(=O)C1CCCCN1Cc1ccc(Br)cn1. The number of rotatable bonds is 3. The molecule has 1 aromatic rings. The minimum atomic E-state index is -0.221. The van der Waals surface area contributed by atoms with Gasteiger partial charge in [0.05, 0.1) is 11.7 Å². The van der Waals surface area contributed by atoms with Crippen LogP contribution in [0.15, 0.2) is 22.8 Å². The predicted octanol–water partition coefficient (Wildman–Crippen LogP) is 1.68. The van der Waals surface area contributed by atoms with Gasteiger partial charge in [-0.3, -0.25) is 14.7 Å². The van der Waals surface area contributed by atoms with Crippen molar-refractivity contribution in [2.24, 2.45) is 5.73 Å². The number of carbonyl (C=O) groups excluding carboxylic acids is 1. The standard InChI is InChI=1S/C12H16BrN3O/c13-9-4-5-10(15-7-9)8-16-6-2-1-3-11(16)12(14)17/h4-5,7,11H,1-3,6,8H2,(H2,14,17). The third-order valence-corrected chi connectivity index (χ3v) is 3.56. The number of pyridine rings is 1. The zero-order valence-electron chi connectivity index (χ0n) is 9.60. The largest absolute Gasteiger partial charge is 0.368 e. The van der Waals surface area contributed by atoms with E-state index in [1.807, 2.05) is 12.1 Å². The number of piperidine rings is 1. The van der Waals surface area contributed by atoms with E-state index in [9.17, 15) is 4.79 Å². The molecule has 1 fully saturated rings. The first-order chi connectivity index (χ1) is 8.16. The third-order valence-electron chi connectivity index (χ3n) is 3.10. The molecule has 1 unspecified atom stereocenters. The Morgan fingerprint density at radius 2 is 2.35 bits per heavy atom. The third kappa shape index (κ3) is 3.26. The first-order valence-corrected chi connectivity index (χ1v) is 6.60. The molecule has 0 spiro atoms. The van der Waals surface area contributed by atoms with E-state index < -0.39 is 0 Å². The molecule has 0 saturated carbocycles. The van der Waals surface area contributed by atoms with E-state index in [-0.39, 0.29) is 11.9 Å². The maximum absolute atomic E-state index is 11.4. The number of carbonyl (C=O) groups is 1. The van der Waals surface area contributed by atoms with Gasteiger partial charge in [0.2, 0.25) is 5.91 Å². The molecular formula is C12H16BrN3O. The maximum Gasteiger partial charge on any atom is 0.234 e. The zero-order chi connectivity index (χ0) is 12.3. The van der Waals surface area contributed by atoms with E-state index in [1.54, 1.807) is 6.20 Å². The van der Waals surface area contributed by atoms with Crippen molar-refractivity contribution in [1.29, 1.82) is 0 Å². The number of likely N-dealkylation sites (tertiary alicyclic amines) is 1. The molecule has 0 aromatic carbocycles. The van der Waals surface area contributed by atoms with Gasteiger partial charge in [-0.15, -0.1) is 0 Å². The van der Waals surface area contributed by atoms with Crippen molar-refractivity contribution < 1.29 is 4.79 Å². The first-order valence-electron chi connectivity index (χ1n) is 5.80. The zero-order valence-corrected chi connectivity index (χ0v) is 11.2. The van der Waals surface area contributed by atoms with Crippen molar-refractivity contribution in [2.45, 2.75) is 31.8 Å². The first kappa shape index (κ1) is 12.5. The maximum atomic E-state index is 11.4. The number of primary amides is 1. The van der Waals surface area contributed by atoms with Gasteiger partial charge in [-0.1, -0.05) is 6.42 Å². The van der Waals surface area contributed by atoms with Crippen LogP contribution in [0.25, 0.3) is 0 Å². The number of nitrogens with two attached hydrogens (primary N) is 1. The molecule has 0 aliphatic carbocycles. The van der Waals surface area contributed by atoms with Crippen LogP contribution < -0.4 is 5.73 Å². The van der Waals surface area contributed by atoms with E-state index in [2.05, 4.69) is 25.8 Å². The van der Waals surface area contributed by atoms with Crippen LogP contribution in [-0.2, 0) is 11.3 Å². The average molecular weight is 298 g/mol. The molecule has 17 heavy (non-hydrogen) atoms. The van der Waals surface area contributed by atoms with Crippen LogP contribution >= 0.6 is 15.9 Å². The second-order valence-corrected chi connectivity index (χ2v) is 5.27. The van der Waals surface area contributed by atoms with Gasteiger partial charge in [0, 0.05) is 17.2 Å². The van der Waals surface area contributed by atoms with E-state index in [1.165, 1.54) is 0 Å². The summed E-state index contributed by atoms with van der Waals surface area (Å²) in [5.41, 5.74) is 6.40. The molecule has 92 valence electrons. The Bertz CT molecular complexity index is 393. The Morgan fingerprint density at radius 3 is 3.00 bits per heavy atom. The summed E-state index contributed by atoms with van der Waals surface area (Å²) in [5.74, 6) is -0.221. The average Bonchev–Trinajstić information content (AvgIpc) is 2.32. The predicted molar refractivity (Wildman–Crippen MR) is 69.2 cm³/mol. The summed E-state index contributed by atoms with van der Waals surface area (Å²) in [4.78, 5) is 17.8. The Hall–Kier alpha value is -0.940. The summed E-state index contributed by atoms with van der Waals surface area (Å²) in [6.45, 7) is 1.62. The highest BCUT2D eigenvalue weighted by molar-refractivity contribution is 9.10. The lowest BCUT2D eigenvalue weighted by Gasteiger charge is -2.33. The van der Waals surface area contributed by atoms with Crippen LogP contribution in [0.3, 0.4) is 0 Å². The molecule has 0 radical (unpaired) electrons. The highest BCUT2D eigenvalue weighted by atomic mass is 79.9. The fraction of sp³-hybridized carbons (Fsp3) is 0.500. The lowest BCUT2D eigenvalue weighted by molar-refractivity contribution is -0.124. The lowest BCUT2D eigenvalue weighted by Crippen LogP contribution is -2.47. The molecule has 1 aliphatic rings. The van der Waals surface area contributed by atoms with Crippen molar-refractivity contribution in [1.82, 2.24) is 9.88 Å². The molecule has 1 atom stereocenters. The molecule has 0 bridgehead atoms. The summed E-state index contributed by atoms with van der Waals surface area (Å²) in [5, 5.41) is 0. The molecule has 2 N–H and O–H groups in total. The summed E-state index contributed by atoms with van der Waals surface area (Å²) < 4.78 is 0.964. The van der Waals surface area contributed by atoms with Gasteiger partial charge in [-0.05, 0) is 47.4 Å². The van der Waals surface area contributed by atoms with Crippen LogP contribution in [0.4, 0.5) is 0 Å². The van der Waals surface area contributed by atoms with Crippen molar-refractivity contribution in [3.63, 3.8) is 0 Å². The lowest BCUT2D eigenvalue weighted by atomic mass is 10.0. The normalized spacial score (nSPS) is 21.4. The minimum absolute atomic E-state index is 0.130. The van der Waals surface area contributed by atoms with Crippen LogP contribution in [0.1, 0.15) is 25.0 Å². The van der Waals surface area contributed by atoms with E-state index in [4.69, 9.17) is 5.73 Å². The summed E-state index contributed by atoms with van der Waals surface area (Å²) in [6, 6.07) is 3.80. The monoisotopic (exact) mass is 297 g/mol. The molecule has 1 aliphatic heterocycles.